The van der Waals surface area contributed by atoms with Crippen molar-refractivity contribution in [2.24, 2.45) is 0 Å². The predicted molar refractivity (Wildman–Crippen MR) is 103 cm³/mol. The number of carbonyl (C=O) groups excluding carboxylic acids is 1. The van der Waals surface area contributed by atoms with E-state index in [0.717, 1.165) is 26.1 Å². The maximum absolute atomic E-state index is 13.8. The SMILES string of the molecule is O=C(NCCN1CCc2sccc2C1)c1csc(-c2ccccc2F)n1. The Balaban J connectivity index is 1.31. The second-order valence-corrected chi connectivity index (χ2v) is 8.03. The average molecular weight is 388 g/mol. The van der Waals surface area contributed by atoms with Crippen molar-refractivity contribution in [1.29, 1.82) is 0 Å². The van der Waals surface area contributed by atoms with Crippen LogP contribution >= 0.6 is 22.7 Å². The van der Waals surface area contributed by atoms with Gasteiger partial charge < -0.3 is 5.32 Å². The van der Waals surface area contributed by atoms with Gasteiger partial charge >= 0.3 is 0 Å². The number of aromatic nitrogens is 1. The van der Waals surface area contributed by atoms with Gasteiger partial charge in [0.1, 0.15) is 16.5 Å². The van der Waals surface area contributed by atoms with Crippen LogP contribution in [-0.2, 0) is 13.0 Å². The Bertz CT molecular complexity index is 921. The first-order valence-electron chi connectivity index (χ1n) is 8.47. The van der Waals surface area contributed by atoms with Crippen LogP contribution in [0.2, 0.25) is 0 Å². The van der Waals surface area contributed by atoms with E-state index in [0.29, 0.717) is 22.8 Å². The average Bonchev–Trinajstić information content (AvgIpc) is 3.31. The van der Waals surface area contributed by atoms with Crippen LogP contribution in [0, 0.1) is 5.82 Å². The number of nitrogens with one attached hydrogen (secondary N) is 1. The number of thiazole rings is 1. The molecule has 0 bridgehead atoms. The molecule has 0 atom stereocenters. The van der Waals surface area contributed by atoms with E-state index in [9.17, 15) is 9.18 Å². The number of thiophene rings is 1. The molecule has 0 spiro atoms. The fraction of sp³-hybridized carbons (Fsp3) is 0.263. The lowest BCUT2D eigenvalue weighted by Crippen LogP contribution is -2.37. The van der Waals surface area contributed by atoms with Crippen LogP contribution in [-0.4, -0.2) is 35.4 Å². The van der Waals surface area contributed by atoms with Gasteiger partial charge in [-0.15, -0.1) is 22.7 Å². The summed E-state index contributed by atoms with van der Waals surface area (Å²) >= 11 is 3.10. The summed E-state index contributed by atoms with van der Waals surface area (Å²) in [7, 11) is 0. The van der Waals surface area contributed by atoms with Gasteiger partial charge in [0, 0.05) is 42.0 Å². The van der Waals surface area contributed by atoms with Crippen LogP contribution < -0.4 is 5.32 Å². The van der Waals surface area contributed by atoms with Gasteiger partial charge in [-0.25, -0.2) is 9.37 Å². The molecular formula is C19H18FN3OS2. The van der Waals surface area contributed by atoms with Crippen LogP contribution in [0.25, 0.3) is 10.6 Å². The van der Waals surface area contributed by atoms with Crippen molar-refractivity contribution in [3.05, 3.63) is 63.0 Å². The lowest BCUT2D eigenvalue weighted by Gasteiger charge is -2.26. The summed E-state index contributed by atoms with van der Waals surface area (Å²) in [5, 5.41) is 7.26. The highest BCUT2D eigenvalue weighted by Crippen LogP contribution is 2.26. The lowest BCUT2D eigenvalue weighted by atomic mass is 10.1. The van der Waals surface area contributed by atoms with Gasteiger partial charge in [-0.05, 0) is 35.6 Å². The molecule has 0 fully saturated rings. The maximum Gasteiger partial charge on any atom is 0.270 e. The standard InChI is InChI=1S/C19H18FN3OS2/c20-15-4-2-1-3-14(15)19-22-16(12-26-19)18(24)21-7-9-23-8-5-17-13(11-23)6-10-25-17/h1-4,6,10,12H,5,7-9,11H2,(H,21,24). The van der Waals surface area contributed by atoms with Crippen LogP contribution in [0.3, 0.4) is 0 Å². The molecule has 1 N–H and O–H groups in total. The van der Waals surface area contributed by atoms with Gasteiger partial charge in [0.05, 0.1) is 0 Å². The van der Waals surface area contributed by atoms with Crippen molar-refractivity contribution in [2.45, 2.75) is 13.0 Å². The Labute approximate surface area is 159 Å². The van der Waals surface area contributed by atoms with Gasteiger partial charge in [0.15, 0.2) is 0 Å². The van der Waals surface area contributed by atoms with E-state index < -0.39 is 0 Å². The molecule has 1 amide bonds. The van der Waals surface area contributed by atoms with Crippen LogP contribution in [0.15, 0.2) is 41.1 Å². The van der Waals surface area contributed by atoms with Crippen LogP contribution in [0.4, 0.5) is 4.39 Å². The van der Waals surface area contributed by atoms with Gasteiger partial charge in [-0.2, -0.15) is 0 Å². The predicted octanol–water partition coefficient (Wildman–Crippen LogP) is 3.80. The number of rotatable bonds is 5. The minimum Gasteiger partial charge on any atom is -0.349 e. The van der Waals surface area contributed by atoms with E-state index in [-0.39, 0.29) is 11.7 Å². The number of benzene rings is 1. The molecule has 7 heteroatoms. The molecular weight excluding hydrogens is 369 g/mol. The van der Waals surface area contributed by atoms with E-state index in [1.807, 2.05) is 11.3 Å². The zero-order chi connectivity index (χ0) is 17.9. The van der Waals surface area contributed by atoms with Crippen LogP contribution in [0.5, 0.6) is 0 Å². The number of amides is 1. The molecule has 0 radical (unpaired) electrons. The Morgan fingerprint density at radius 3 is 3.04 bits per heavy atom. The second kappa shape index (κ2) is 7.65. The molecule has 1 aliphatic heterocycles. The molecule has 26 heavy (non-hydrogen) atoms. The van der Waals surface area contributed by atoms with Crippen molar-refractivity contribution in [3.63, 3.8) is 0 Å². The lowest BCUT2D eigenvalue weighted by molar-refractivity contribution is 0.0943. The van der Waals surface area contributed by atoms with E-state index in [1.165, 1.54) is 27.8 Å². The first kappa shape index (κ1) is 17.3. The monoisotopic (exact) mass is 387 g/mol. The van der Waals surface area contributed by atoms with E-state index in [1.54, 1.807) is 23.6 Å². The van der Waals surface area contributed by atoms with Crippen LogP contribution in [0.1, 0.15) is 20.9 Å². The third kappa shape index (κ3) is 3.70. The summed E-state index contributed by atoms with van der Waals surface area (Å²) in [6, 6.07) is 8.65. The molecule has 3 heterocycles. The summed E-state index contributed by atoms with van der Waals surface area (Å²) in [4.78, 5) is 20.4. The fourth-order valence-electron chi connectivity index (χ4n) is 3.05. The van der Waals surface area contributed by atoms with Gasteiger partial charge in [-0.3, -0.25) is 9.69 Å². The molecule has 0 saturated carbocycles. The fourth-order valence-corrected chi connectivity index (χ4v) is 4.77. The zero-order valence-corrected chi connectivity index (χ0v) is 15.7. The third-order valence-electron chi connectivity index (χ3n) is 4.44. The van der Waals surface area contributed by atoms with Gasteiger partial charge in [0.2, 0.25) is 0 Å². The highest BCUT2D eigenvalue weighted by Gasteiger charge is 2.18. The molecule has 1 aliphatic rings. The second-order valence-electron chi connectivity index (χ2n) is 6.17. The summed E-state index contributed by atoms with van der Waals surface area (Å²) in [6.07, 6.45) is 1.08. The normalized spacial score (nSPS) is 14.2. The van der Waals surface area contributed by atoms with Gasteiger partial charge in [0.25, 0.3) is 5.91 Å². The van der Waals surface area contributed by atoms with Crippen molar-refractivity contribution >= 4 is 28.6 Å². The molecule has 4 nitrogen and oxygen atoms in total. The molecule has 0 saturated heterocycles. The van der Waals surface area contributed by atoms with Crippen molar-refractivity contribution in [3.8, 4) is 10.6 Å². The number of fused-ring (bicyclic) bond motifs is 1. The zero-order valence-electron chi connectivity index (χ0n) is 14.1. The smallest absolute Gasteiger partial charge is 0.270 e. The van der Waals surface area contributed by atoms with E-state index >= 15 is 0 Å². The third-order valence-corrected chi connectivity index (χ3v) is 6.34. The largest absolute Gasteiger partial charge is 0.349 e. The van der Waals surface area contributed by atoms with Gasteiger partial charge in [-0.1, -0.05) is 12.1 Å². The number of halogens is 1. The van der Waals surface area contributed by atoms with E-state index in [2.05, 4.69) is 26.6 Å². The topological polar surface area (TPSA) is 45.2 Å². The number of nitrogens with zero attached hydrogens (tertiary/aromatic N) is 2. The summed E-state index contributed by atoms with van der Waals surface area (Å²) in [5.41, 5.74) is 2.17. The summed E-state index contributed by atoms with van der Waals surface area (Å²) < 4.78 is 13.8. The number of hydrogen-bond donors (Lipinski definition) is 1. The molecule has 134 valence electrons. The molecule has 4 rings (SSSR count). The molecule has 1 aromatic carbocycles. The molecule has 0 unspecified atom stereocenters. The molecule has 2 aromatic heterocycles. The Hall–Kier alpha value is -2.09. The first-order chi connectivity index (χ1) is 12.7. The highest BCUT2D eigenvalue weighted by molar-refractivity contribution is 7.13. The minimum atomic E-state index is -0.327. The summed E-state index contributed by atoms with van der Waals surface area (Å²) in [6.45, 7) is 3.36. The van der Waals surface area contributed by atoms with Crippen molar-refractivity contribution in [2.75, 3.05) is 19.6 Å². The molecule has 0 aliphatic carbocycles. The number of carbonyl (C=O) groups is 1. The van der Waals surface area contributed by atoms with Crippen molar-refractivity contribution < 1.29 is 9.18 Å². The molecule has 3 aromatic rings. The number of hydrogen-bond acceptors (Lipinski definition) is 5. The highest BCUT2D eigenvalue weighted by atomic mass is 32.1. The summed E-state index contributed by atoms with van der Waals surface area (Å²) in [5.74, 6) is -0.538. The Morgan fingerprint density at radius 1 is 1.27 bits per heavy atom. The Kier molecular flexibility index (Phi) is 5.10. The van der Waals surface area contributed by atoms with E-state index in [4.69, 9.17) is 0 Å². The maximum atomic E-state index is 13.8. The van der Waals surface area contributed by atoms with Crippen molar-refractivity contribution in [1.82, 2.24) is 15.2 Å². The quantitative estimate of drug-likeness (QED) is 0.724. The Morgan fingerprint density at radius 2 is 2.15 bits per heavy atom. The first-order valence-corrected chi connectivity index (χ1v) is 10.2. The minimum absolute atomic E-state index is 0.211.